The van der Waals surface area contributed by atoms with Gasteiger partial charge in [-0.1, -0.05) is 19.1 Å². The van der Waals surface area contributed by atoms with Crippen molar-refractivity contribution in [1.82, 2.24) is 5.32 Å². The van der Waals surface area contributed by atoms with Crippen LogP contribution in [0.5, 0.6) is 0 Å². The normalized spacial score (nSPS) is 20.0. The molecule has 0 bridgehead atoms. The van der Waals surface area contributed by atoms with E-state index in [9.17, 15) is 8.42 Å². The van der Waals surface area contributed by atoms with E-state index in [1.807, 2.05) is 20.0 Å². The molecule has 1 aromatic carbocycles. The molecule has 0 aliphatic carbocycles. The zero-order valence-corrected chi connectivity index (χ0v) is 13.5. The number of nitrogens with one attached hydrogen (secondary N) is 1. The molecule has 0 saturated carbocycles. The molecule has 20 heavy (non-hydrogen) atoms. The molecule has 1 N–H and O–H groups in total. The van der Waals surface area contributed by atoms with E-state index >= 15 is 0 Å². The minimum Gasteiger partial charge on any atom is -0.317 e. The maximum Gasteiger partial charge on any atom is 0.232 e. The van der Waals surface area contributed by atoms with E-state index in [1.165, 1.54) is 11.8 Å². The van der Waals surface area contributed by atoms with Gasteiger partial charge in [-0.05, 0) is 50.4 Å². The Balaban J connectivity index is 2.29. The van der Waals surface area contributed by atoms with Gasteiger partial charge in [0.1, 0.15) is 0 Å². The van der Waals surface area contributed by atoms with Gasteiger partial charge in [0.05, 0.1) is 11.9 Å². The zero-order chi connectivity index (χ0) is 14.9. The third-order valence-corrected chi connectivity index (χ3v) is 5.31. The van der Waals surface area contributed by atoms with Crippen molar-refractivity contribution >= 4 is 15.7 Å². The van der Waals surface area contributed by atoms with Gasteiger partial charge in [-0.3, -0.25) is 4.31 Å². The molecule has 4 nitrogen and oxygen atoms in total. The maximum atomic E-state index is 11.9. The van der Waals surface area contributed by atoms with Crippen LogP contribution >= 0.6 is 0 Å². The zero-order valence-electron chi connectivity index (χ0n) is 12.7. The number of hydrogen-bond acceptors (Lipinski definition) is 3. The summed E-state index contributed by atoms with van der Waals surface area (Å²) in [6, 6.07) is 6.66. The molecule has 1 aliphatic rings. The summed E-state index contributed by atoms with van der Waals surface area (Å²) in [6.45, 7) is 4.13. The molecule has 112 valence electrons. The summed E-state index contributed by atoms with van der Waals surface area (Å²) < 4.78 is 25.3. The van der Waals surface area contributed by atoms with Gasteiger partial charge in [0.15, 0.2) is 0 Å². The molecule has 1 heterocycles. The lowest BCUT2D eigenvalue weighted by Crippen LogP contribution is -2.34. The van der Waals surface area contributed by atoms with Crippen LogP contribution in [-0.4, -0.2) is 33.8 Å². The molecule has 0 aromatic heterocycles. The highest BCUT2D eigenvalue weighted by molar-refractivity contribution is 7.92. The fourth-order valence-electron chi connectivity index (χ4n) is 3.02. The first kappa shape index (κ1) is 15.3. The third kappa shape index (κ3) is 2.99. The lowest BCUT2D eigenvalue weighted by molar-refractivity contribution is 0.543. The first-order valence-electron chi connectivity index (χ1n) is 7.15. The van der Waals surface area contributed by atoms with E-state index in [0.717, 1.165) is 30.5 Å². The van der Waals surface area contributed by atoms with Crippen LogP contribution in [0.25, 0.3) is 0 Å². The monoisotopic (exact) mass is 296 g/mol. The van der Waals surface area contributed by atoms with Crippen molar-refractivity contribution in [3.63, 3.8) is 0 Å². The van der Waals surface area contributed by atoms with Gasteiger partial charge >= 0.3 is 0 Å². The minimum atomic E-state index is -3.19. The Morgan fingerprint density at radius 3 is 2.70 bits per heavy atom. The second kappa shape index (κ2) is 5.74. The van der Waals surface area contributed by atoms with Crippen LogP contribution in [-0.2, 0) is 22.9 Å². The Bertz CT molecular complexity index is 580. The Morgan fingerprint density at radius 2 is 2.15 bits per heavy atom. The molecule has 1 aromatic rings. The van der Waals surface area contributed by atoms with E-state index in [0.29, 0.717) is 6.04 Å². The standard InChI is InChI=1S/C15H24N2O2S/c1-5-14(16-3)10-12-6-7-15-13(9-12)8-11(2)17(15)20(4,18)19/h6-7,9,11,14,16H,5,8,10H2,1-4H3. The van der Waals surface area contributed by atoms with E-state index < -0.39 is 10.0 Å². The number of likely N-dealkylation sites (N-methyl/N-ethyl adjacent to an activating group) is 1. The van der Waals surface area contributed by atoms with Crippen LogP contribution < -0.4 is 9.62 Å². The van der Waals surface area contributed by atoms with E-state index in [2.05, 4.69) is 24.4 Å². The SMILES string of the molecule is CCC(Cc1ccc2c(c1)CC(C)N2S(C)(=O)=O)NC. The first-order chi connectivity index (χ1) is 9.36. The third-order valence-electron chi connectivity index (χ3n) is 4.04. The topological polar surface area (TPSA) is 49.4 Å². The van der Waals surface area contributed by atoms with Crippen molar-refractivity contribution < 1.29 is 8.42 Å². The van der Waals surface area contributed by atoms with Crippen molar-refractivity contribution in [2.75, 3.05) is 17.6 Å². The fourth-order valence-corrected chi connectivity index (χ4v) is 4.29. The maximum absolute atomic E-state index is 11.9. The second-order valence-electron chi connectivity index (χ2n) is 5.67. The number of anilines is 1. The Hall–Kier alpha value is -1.07. The summed E-state index contributed by atoms with van der Waals surface area (Å²) in [5.41, 5.74) is 3.26. The molecule has 0 amide bonds. The van der Waals surface area contributed by atoms with Gasteiger partial charge in [-0.2, -0.15) is 0 Å². The highest BCUT2D eigenvalue weighted by Gasteiger charge is 2.32. The van der Waals surface area contributed by atoms with Gasteiger partial charge in [0.25, 0.3) is 0 Å². The molecule has 1 aliphatic heterocycles. The summed E-state index contributed by atoms with van der Waals surface area (Å²) in [5.74, 6) is 0. The van der Waals surface area contributed by atoms with Crippen molar-refractivity contribution in [3.8, 4) is 0 Å². The van der Waals surface area contributed by atoms with Crippen LogP contribution in [0.1, 0.15) is 31.4 Å². The second-order valence-corrected chi connectivity index (χ2v) is 7.53. The quantitative estimate of drug-likeness (QED) is 0.903. The summed E-state index contributed by atoms with van der Waals surface area (Å²) in [5, 5.41) is 3.30. The molecular weight excluding hydrogens is 272 g/mol. The van der Waals surface area contributed by atoms with E-state index in [1.54, 1.807) is 4.31 Å². The number of benzene rings is 1. The molecule has 5 heteroatoms. The number of sulfonamides is 1. The number of hydrogen-bond donors (Lipinski definition) is 1. The summed E-state index contributed by atoms with van der Waals surface area (Å²) >= 11 is 0. The molecule has 2 unspecified atom stereocenters. The largest absolute Gasteiger partial charge is 0.317 e. The van der Waals surface area contributed by atoms with Gasteiger partial charge in [-0.15, -0.1) is 0 Å². The van der Waals surface area contributed by atoms with Crippen molar-refractivity contribution in [2.45, 2.75) is 45.2 Å². The van der Waals surface area contributed by atoms with Crippen LogP contribution in [0, 0.1) is 0 Å². The first-order valence-corrected chi connectivity index (χ1v) is 9.00. The molecule has 0 fully saturated rings. The number of fused-ring (bicyclic) bond motifs is 1. The van der Waals surface area contributed by atoms with Crippen LogP contribution in [0.2, 0.25) is 0 Å². The average Bonchev–Trinajstić information content (AvgIpc) is 2.70. The molecule has 2 atom stereocenters. The smallest absolute Gasteiger partial charge is 0.232 e. The predicted octanol–water partition coefficient (Wildman–Crippen LogP) is 1.94. The van der Waals surface area contributed by atoms with Crippen molar-refractivity contribution in [3.05, 3.63) is 29.3 Å². The number of rotatable bonds is 5. The lowest BCUT2D eigenvalue weighted by atomic mass is 10.0. The van der Waals surface area contributed by atoms with Gasteiger partial charge in [-0.25, -0.2) is 8.42 Å². The van der Waals surface area contributed by atoms with Crippen LogP contribution in [0.3, 0.4) is 0 Å². The molecule has 0 spiro atoms. The van der Waals surface area contributed by atoms with Gasteiger partial charge in [0.2, 0.25) is 10.0 Å². The van der Waals surface area contributed by atoms with E-state index in [4.69, 9.17) is 0 Å². The molecule has 2 rings (SSSR count). The van der Waals surface area contributed by atoms with Crippen molar-refractivity contribution in [2.24, 2.45) is 0 Å². The Labute approximate surface area is 122 Å². The molecular formula is C15H24N2O2S. The van der Waals surface area contributed by atoms with Crippen molar-refractivity contribution in [1.29, 1.82) is 0 Å². The summed E-state index contributed by atoms with van der Waals surface area (Å²) in [7, 11) is -1.21. The van der Waals surface area contributed by atoms with Gasteiger partial charge in [0, 0.05) is 12.1 Å². The lowest BCUT2D eigenvalue weighted by Gasteiger charge is -2.22. The minimum absolute atomic E-state index is 0.0153. The molecule has 0 radical (unpaired) electrons. The average molecular weight is 296 g/mol. The highest BCUT2D eigenvalue weighted by Crippen LogP contribution is 2.34. The highest BCUT2D eigenvalue weighted by atomic mass is 32.2. The Kier molecular flexibility index (Phi) is 4.39. The molecule has 0 saturated heterocycles. The Morgan fingerprint density at radius 1 is 1.45 bits per heavy atom. The predicted molar refractivity (Wildman–Crippen MR) is 83.8 cm³/mol. The number of nitrogens with zero attached hydrogens (tertiary/aromatic N) is 1. The van der Waals surface area contributed by atoms with E-state index in [-0.39, 0.29) is 6.04 Å². The fraction of sp³-hybridized carbons (Fsp3) is 0.600. The summed E-state index contributed by atoms with van der Waals surface area (Å²) in [4.78, 5) is 0. The van der Waals surface area contributed by atoms with Crippen LogP contribution in [0.15, 0.2) is 18.2 Å². The van der Waals surface area contributed by atoms with Gasteiger partial charge < -0.3 is 5.32 Å². The summed E-state index contributed by atoms with van der Waals surface area (Å²) in [6.07, 6.45) is 4.14. The van der Waals surface area contributed by atoms with Crippen LogP contribution in [0.4, 0.5) is 5.69 Å².